The molecular weight excluding hydrogens is 474 g/mol. The summed E-state index contributed by atoms with van der Waals surface area (Å²) in [6, 6.07) is 9.98. The third kappa shape index (κ3) is 3.77. The summed E-state index contributed by atoms with van der Waals surface area (Å²) in [6.45, 7) is 0.467. The van der Waals surface area contributed by atoms with Crippen LogP contribution in [0.3, 0.4) is 0 Å². The molecule has 3 aromatic heterocycles. The third-order valence-electron chi connectivity index (χ3n) is 6.15. The predicted octanol–water partition coefficient (Wildman–Crippen LogP) is 4.56. The molecule has 9 heteroatoms. The number of aromatic nitrogens is 4. The smallest absolute Gasteiger partial charge is 0.306 e. The van der Waals surface area contributed by atoms with Crippen LogP contribution in [0.1, 0.15) is 25.7 Å². The van der Waals surface area contributed by atoms with Crippen LogP contribution in [0.5, 0.6) is 5.88 Å². The highest BCUT2D eigenvalue weighted by molar-refractivity contribution is 9.10. The van der Waals surface area contributed by atoms with Crippen LogP contribution in [0, 0.1) is 11.8 Å². The van der Waals surface area contributed by atoms with E-state index in [9.17, 15) is 9.90 Å². The van der Waals surface area contributed by atoms with Crippen molar-refractivity contribution in [3.05, 3.63) is 47.2 Å². The molecule has 0 unspecified atom stereocenters. The van der Waals surface area contributed by atoms with Gasteiger partial charge in [0.2, 0.25) is 5.88 Å². The molecule has 0 saturated heterocycles. The fourth-order valence-corrected chi connectivity index (χ4v) is 4.64. The van der Waals surface area contributed by atoms with Crippen molar-refractivity contribution in [1.29, 1.82) is 0 Å². The number of carboxylic acid groups (broad SMARTS) is 1. The molecular formula is C23H22BrN5O3. The summed E-state index contributed by atoms with van der Waals surface area (Å²) in [6.07, 6.45) is 6.55. The highest BCUT2D eigenvalue weighted by Crippen LogP contribution is 2.35. The van der Waals surface area contributed by atoms with Crippen LogP contribution in [0.4, 0.5) is 5.82 Å². The number of hydrogen-bond acceptors (Lipinski definition) is 6. The van der Waals surface area contributed by atoms with Crippen LogP contribution in [-0.2, 0) is 4.79 Å². The second-order valence-electron chi connectivity index (χ2n) is 8.19. The molecule has 0 atom stereocenters. The largest absolute Gasteiger partial charge is 0.481 e. The van der Waals surface area contributed by atoms with Crippen LogP contribution in [0.25, 0.3) is 27.7 Å². The van der Waals surface area contributed by atoms with Gasteiger partial charge in [-0.1, -0.05) is 18.2 Å². The van der Waals surface area contributed by atoms with Crippen LogP contribution < -0.4 is 10.5 Å². The van der Waals surface area contributed by atoms with E-state index in [1.165, 1.54) is 0 Å². The van der Waals surface area contributed by atoms with Gasteiger partial charge in [-0.15, -0.1) is 0 Å². The molecule has 1 aliphatic carbocycles. The first-order valence-electron chi connectivity index (χ1n) is 10.5. The minimum atomic E-state index is -0.705. The quantitative estimate of drug-likeness (QED) is 0.416. The lowest BCUT2D eigenvalue weighted by atomic mass is 9.82. The minimum Gasteiger partial charge on any atom is -0.481 e. The number of nitrogens with two attached hydrogens (primary N) is 1. The number of anilines is 1. The van der Waals surface area contributed by atoms with Gasteiger partial charge < -0.3 is 15.6 Å². The van der Waals surface area contributed by atoms with Crippen molar-refractivity contribution in [3.63, 3.8) is 0 Å². The molecule has 0 spiro atoms. The van der Waals surface area contributed by atoms with Crippen LogP contribution in [-0.4, -0.2) is 37.3 Å². The Morgan fingerprint density at radius 3 is 2.78 bits per heavy atom. The van der Waals surface area contributed by atoms with Crippen molar-refractivity contribution in [2.75, 3.05) is 12.3 Å². The number of carboxylic acids is 1. The number of rotatable bonds is 5. The standard InChI is InChI=1S/C23H22BrN5O3/c24-19-20(25)29-21(28-22(19)32-12-13-5-7-14(8-6-13)23(30)31)17(11-27-29)16-9-15-3-1-2-4-18(15)26-10-16/h1-4,9-11,13-14H,5-8,12,25H2,(H,30,31). The Kier molecular flexibility index (Phi) is 5.42. The number of nitrogens with zero attached hydrogens (tertiary/aromatic N) is 4. The number of carbonyl (C=O) groups is 1. The van der Waals surface area contributed by atoms with E-state index < -0.39 is 5.97 Å². The highest BCUT2D eigenvalue weighted by atomic mass is 79.9. The summed E-state index contributed by atoms with van der Waals surface area (Å²) in [5.74, 6) is 0.160. The first kappa shape index (κ1) is 20.7. The van der Waals surface area contributed by atoms with E-state index in [0.717, 1.165) is 34.9 Å². The fourth-order valence-electron chi connectivity index (χ4n) is 4.26. The second kappa shape index (κ2) is 8.38. The molecule has 32 heavy (non-hydrogen) atoms. The van der Waals surface area contributed by atoms with Gasteiger partial charge in [-0.05, 0) is 59.7 Å². The Hall–Kier alpha value is -3.20. The Morgan fingerprint density at radius 2 is 2.00 bits per heavy atom. The van der Waals surface area contributed by atoms with E-state index in [1.54, 1.807) is 16.9 Å². The van der Waals surface area contributed by atoms with Crippen molar-refractivity contribution >= 4 is 44.3 Å². The molecule has 8 nitrogen and oxygen atoms in total. The van der Waals surface area contributed by atoms with E-state index in [2.05, 4.69) is 32.1 Å². The summed E-state index contributed by atoms with van der Waals surface area (Å²) in [4.78, 5) is 20.4. The van der Waals surface area contributed by atoms with Crippen molar-refractivity contribution in [2.24, 2.45) is 11.8 Å². The molecule has 164 valence electrons. The van der Waals surface area contributed by atoms with Crippen LogP contribution >= 0.6 is 15.9 Å². The fraction of sp³-hybridized carbons (Fsp3) is 0.304. The zero-order valence-corrected chi connectivity index (χ0v) is 18.8. The van der Waals surface area contributed by atoms with Gasteiger partial charge in [0.25, 0.3) is 0 Å². The lowest BCUT2D eigenvalue weighted by Crippen LogP contribution is -2.24. The molecule has 0 aliphatic heterocycles. The average Bonchev–Trinajstić information content (AvgIpc) is 3.24. The summed E-state index contributed by atoms with van der Waals surface area (Å²) in [5, 5.41) is 14.6. The number of para-hydroxylation sites is 1. The molecule has 0 amide bonds. The summed E-state index contributed by atoms with van der Waals surface area (Å²) < 4.78 is 8.18. The number of halogens is 1. The van der Waals surface area contributed by atoms with Gasteiger partial charge in [-0.25, -0.2) is 0 Å². The summed E-state index contributed by atoms with van der Waals surface area (Å²) in [7, 11) is 0. The Morgan fingerprint density at radius 1 is 1.22 bits per heavy atom. The highest BCUT2D eigenvalue weighted by Gasteiger charge is 2.27. The van der Waals surface area contributed by atoms with E-state index in [1.807, 2.05) is 24.3 Å². The molecule has 1 aromatic carbocycles. The number of pyridine rings is 1. The number of ether oxygens (including phenoxy) is 1. The van der Waals surface area contributed by atoms with E-state index in [-0.39, 0.29) is 5.92 Å². The van der Waals surface area contributed by atoms with E-state index in [4.69, 9.17) is 15.5 Å². The van der Waals surface area contributed by atoms with Crippen molar-refractivity contribution in [2.45, 2.75) is 25.7 Å². The first-order chi connectivity index (χ1) is 15.5. The molecule has 5 rings (SSSR count). The minimum absolute atomic E-state index is 0.243. The van der Waals surface area contributed by atoms with Gasteiger partial charge in [0.05, 0.1) is 24.2 Å². The van der Waals surface area contributed by atoms with Crippen molar-refractivity contribution in [1.82, 2.24) is 19.6 Å². The molecule has 4 aromatic rings. The number of hydrogen-bond donors (Lipinski definition) is 2. The monoisotopic (exact) mass is 495 g/mol. The maximum Gasteiger partial charge on any atom is 0.306 e. The Balaban J connectivity index is 1.43. The lowest BCUT2D eigenvalue weighted by Gasteiger charge is -2.26. The predicted molar refractivity (Wildman–Crippen MR) is 124 cm³/mol. The molecule has 3 N–H and O–H groups in total. The molecule has 0 bridgehead atoms. The van der Waals surface area contributed by atoms with E-state index in [0.29, 0.717) is 47.2 Å². The second-order valence-corrected chi connectivity index (χ2v) is 8.99. The van der Waals surface area contributed by atoms with Gasteiger partial charge in [-0.2, -0.15) is 14.6 Å². The number of nitrogen functional groups attached to an aromatic ring is 1. The van der Waals surface area contributed by atoms with Crippen molar-refractivity contribution in [3.8, 4) is 17.0 Å². The van der Waals surface area contributed by atoms with E-state index >= 15 is 0 Å². The van der Waals surface area contributed by atoms with Crippen molar-refractivity contribution < 1.29 is 14.6 Å². The summed E-state index contributed by atoms with van der Waals surface area (Å²) in [5.41, 5.74) is 9.53. The van der Waals surface area contributed by atoms with Crippen LogP contribution in [0.15, 0.2) is 47.2 Å². The zero-order valence-electron chi connectivity index (χ0n) is 17.2. The molecule has 1 aliphatic rings. The number of benzene rings is 1. The maximum absolute atomic E-state index is 11.2. The van der Waals surface area contributed by atoms with Gasteiger partial charge >= 0.3 is 5.97 Å². The normalized spacial score (nSPS) is 18.8. The molecule has 1 fully saturated rings. The average molecular weight is 496 g/mol. The Labute approximate surface area is 192 Å². The third-order valence-corrected chi connectivity index (χ3v) is 6.89. The molecule has 3 heterocycles. The molecule has 0 radical (unpaired) electrons. The number of fused-ring (bicyclic) bond motifs is 2. The maximum atomic E-state index is 11.2. The lowest BCUT2D eigenvalue weighted by molar-refractivity contribution is -0.143. The topological polar surface area (TPSA) is 116 Å². The SMILES string of the molecule is Nc1c(Br)c(OCC2CCC(C(=O)O)CC2)nc2c(-c3cnc4ccccc4c3)cnn12. The van der Waals surface area contributed by atoms with Gasteiger partial charge in [0.15, 0.2) is 5.65 Å². The Bertz CT molecular complexity index is 1310. The van der Waals surface area contributed by atoms with Gasteiger partial charge in [0, 0.05) is 22.7 Å². The first-order valence-corrected chi connectivity index (χ1v) is 11.3. The van der Waals surface area contributed by atoms with Gasteiger partial charge in [-0.3, -0.25) is 9.78 Å². The van der Waals surface area contributed by atoms with Crippen LogP contribution in [0.2, 0.25) is 0 Å². The van der Waals surface area contributed by atoms with Gasteiger partial charge in [0.1, 0.15) is 10.3 Å². The number of aliphatic carboxylic acids is 1. The summed E-state index contributed by atoms with van der Waals surface area (Å²) >= 11 is 3.49. The zero-order chi connectivity index (χ0) is 22.2. The molecule has 1 saturated carbocycles.